The molecular formula is C24H23FN4O2. The van der Waals surface area contributed by atoms with E-state index >= 15 is 0 Å². The predicted molar refractivity (Wildman–Crippen MR) is 121 cm³/mol. The molecule has 3 aromatic carbocycles. The van der Waals surface area contributed by atoms with Gasteiger partial charge in [0.05, 0.1) is 6.61 Å². The molecule has 0 saturated heterocycles. The minimum absolute atomic E-state index is 0.0991. The first-order chi connectivity index (χ1) is 15.1. The number of nitrogens with one attached hydrogen (secondary N) is 1. The molecule has 0 amide bonds. The van der Waals surface area contributed by atoms with Gasteiger partial charge in [-0.2, -0.15) is 4.98 Å². The summed E-state index contributed by atoms with van der Waals surface area (Å²) < 4.78 is 19.2. The molecule has 4 rings (SSSR count). The number of anilines is 4. The van der Waals surface area contributed by atoms with Crippen LogP contribution in [0.15, 0.2) is 66.7 Å². The minimum Gasteiger partial charge on any atom is -0.489 e. The van der Waals surface area contributed by atoms with Crippen LogP contribution in [-0.2, 0) is 0 Å². The lowest BCUT2D eigenvalue weighted by Crippen LogP contribution is -2.14. The fraction of sp³-hybridized carbons (Fsp3) is 0.167. The Morgan fingerprint density at radius 3 is 2.58 bits per heavy atom. The van der Waals surface area contributed by atoms with Gasteiger partial charge in [0.2, 0.25) is 5.95 Å². The molecule has 1 aromatic heterocycles. The van der Waals surface area contributed by atoms with Crippen LogP contribution in [0.25, 0.3) is 10.9 Å². The highest BCUT2D eigenvalue weighted by atomic mass is 19.1. The van der Waals surface area contributed by atoms with Crippen molar-refractivity contribution in [3.8, 4) is 5.75 Å². The van der Waals surface area contributed by atoms with E-state index in [2.05, 4.69) is 10.3 Å². The largest absolute Gasteiger partial charge is 0.489 e. The fourth-order valence-electron chi connectivity index (χ4n) is 3.35. The van der Waals surface area contributed by atoms with E-state index in [0.29, 0.717) is 28.7 Å². The first-order valence-electron chi connectivity index (χ1n) is 9.93. The van der Waals surface area contributed by atoms with E-state index in [4.69, 9.17) is 9.72 Å². The van der Waals surface area contributed by atoms with Gasteiger partial charge in [-0.25, -0.2) is 9.37 Å². The second kappa shape index (κ2) is 8.97. The van der Waals surface area contributed by atoms with Crippen LogP contribution in [0.5, 0.6) is 5.75 Å². The van der Waals surface area contributed by atoms with Gasteiger partial charge in [0.25, 0.3) is 0 Å². The van der Waals surface area contributed by atoms with Crippen molar-refractivity contribution < 1.29 is 14.2 Å². The zero-order valence-corrected chi connectivity index (χ0v) is 17.3. The Morgan fingerprint density at radius 1 is 1.03 bits per heavy atom. The van der Waals surface area contributed by atoms with Gasteiger partial charge in [0.15, 0.2) is 0 Å². The molecule has 158 valence electrons. The van der Waals surface area contributed by atoms with E-state index in [9.17, 15) is 9.50 Å². The highest BCUT2D eigenvalue weighted by molar-refractivity contribution is 5.96. The number of aliphatic hydroxyl groups is 1. The van der Waals surface area contributed by atoms with E-state index in [-0.39, 0.29) is 19.0 Å². The fourth-order valence-corrected chi connectivity index (χ4v) is 3.35. The zero-order valence-electron chi connectivity index (χ0n) is 17.3. The maximum Gasteiger partial charge on any atom is 0.229 e. The predicted octanol–water partition coefficient (Wildman–Crippen LogP) is 4.96. The number of fused-ring (bicyclic) bond motifs is 1. The standard InChI is InChI=1S/C24H23FN4O2/c1-16-15-17(25)11-12-20(16)26-24-27-22-19(9-6-10-21(22)31-14-13-30)23(28-24)29(2)18-7-4-3-5-8-18/h3-12,15,30H,13-14H2,1-2H3,(H,26,27,28). The average molecular weight is 418 g/mol. The van der Waals surface area contributed by atoms with Gasteiger partial charge >= 0.3 is 0 Å². The first-order valence-corrected chi connectivity index (χ1v) is 9.93. The monoisotopic (exact) mass is 418 g/mol. The van der Waals surface area contributed by atoms with Gasteiger partial charge in [-0.1, -0.05) is 24.3 Å². The number of aromatic nitrogens is 2. The minimum atomic E-state index is -0.299. The number of aliphatic hydroxyl groups excluding tert-OH is 1. The third-order valence-corrected chi connectivity index (χ3v) is 4.91. The molecule has 0 spiro atoms. The number of aryl methyl sites for hydroxylation is 1. The second-order valence-corrected chi connectivity index (χ2v) is 7.07. The molecule has 0 aliphatic rings. The third kappa shape index (κ3) is 4.41. The van der Waals surface area contributed by atoms with E-state index in [0.717, 1.165) is 16.6 Å². The summed E-state index contributed by atoms with van der Waals surface area (Å²) in [5.74, 6) is 1.30. The summed E-state index contributed by atoms with van der Waals surface area (Å²) in [7, 11) is 1.94. The number of benzene rings is 3. The summed E-state index contributed by atoms with van der Waals surface area (Å²) in [4.78, 5) is 11.4. The Bertz CT molecular complexity index is 1200. The zero-order chi connectivity index (χ0) is 21.8. The number of hydrogen-bond acceptors (Lipinski definition) is 6. The first kappa shape index (κ1) is 20.6. The van der Waals surface area contributed by atoms with E-state index < -0.39 is 0 Å². The summed E-state index contributed by atoms with van der Waals surface area (Å²) in [5, 5.41) is 13.2. The molecule has 0 bridgehead atoms. The number of para-hydroxylation sites is 2. The highest BCUT2D eigenvalue weighted by Gasteiger charge is 2.16. The van der Waals surface area contributed by atoms with Gasteiger partial charge in [-0.05, 0) is 55.0 Å². The number of hydrogen-bond donors (Lipinski definition) is 2. The van der Waals surface area contributed by atoms with Gasteiger partial charge in [0, 0.05) is 23.8 Å². The van der Waals surface area contributed by atoms with Crippen LogP contribution in [0.1, 0.15) is 5.56 Å². The van der Waals surface area contributed by atoms with Crippen LogP contribution in [-0.4, -0.2) is 35.3 Å². The molecule has 1 heterocycles. The van der Waals surface area contributed by atoms with E-state index in [1.165, 1.54) is 12.1 Å². The Balaban J connectivity index is 1.86. The number of nitrogens with zero attached hydrogens (tertiary/aromatic N) is 3. The van der Waals surface area contributed by atoms with Crippen LogP contribution in [0, 0.1) is 12.7 Å². The summed E-state index contributed by atoms with van der Waals surface area (Å²) in [6.07, 6.45) is 0. The lowest BCUT2D eigenvalue weighted by Gasteiger charge is -2.22. The van der Waals surface area contributed by atoms with E-state index in [1.54, 1.807) is 6.07 Å². The lowest BCUT2D eigenvalue weighted by molar-refractivity contribution is 0.202. The van der Waals surface area contributed by atoms with Crippen molar-refractivity contribution >= 4 is 34.0 Å². The van der Waals surface area contributed by atoms with E-state index in [1.807, 2.05) is 67.4 Å². The maximum atomic E-state index is 13.5. The molecule has 0 unspecified atom stereocenters. The quantitative estimate of drug-likeness (QED) is 0.442. The number of ether oxygens (including phenoxy) is 1. The molecule has 0 fully saturated rings. The van der Waals surface area contributed by atoms with Gasteiger partial charge < -0.3 is 20.1 Å². The van der Waals surface area contributed by atoms with Crippen LogP contribution in [0.3, 0.4) is 0 Å². The normalized spacial score (nSPS) is 10.8. The van der Waals surface area contributed by atoms with Crippen LogP contribution < -0.4 is 15.0 Å². The number of rotatable bonds is 7. The third-order valence-electron chi connectivity index (χ3n) is 4.91. The van der Waals surface area contributed by atoms with Crippen molar-refractivity contribution in [3.05, 3.63) is 78.1 Å². The summed E-state index contributed by atoms with van der Waals surface area (Å²) >= 11 is 0. The second-order valence-electron chi connectivity index (χ2n) is 7.07. The maximum absolute atomic E-state index is 13.5. The topological polar surface area (TPSA) is 70.5 Å². The molecule has 31 heavy (non-hydrogen) atoms. The number of halogens is 1. The molecule has 0 aliphatic heterocycles. The van der Waals surface area contributed by atoms with Crippen molar-refractivity contribution in [2.24, 2.45) is 0 Å². The summed E-state index contributed by atoms with van der Waals surface area (Å²) in [5.41, 5.74) is 3.04. The van der Waals surface area contributed by atoms with Crippen LogP contribution >= 0.6 is 0 Å². The average Bonchev–Trinajstić information content (AvgIpc) is 2.79. The van der Waals surface area contributed by atoms with Crippen molar-refractivity contribution in [2.75, 3.05) is 30.5 Å². The molecule has 6 nitrogen and oxygen atoms in total. The molecular weight excluding hydrogens is 395 g/mol. The lowest BCUT2D eigenvalue weighted by atomic mass is 10.2. The van der Waals surface area contributed by atoms with Crippen molar-refractivity contribution in [1.29, 1.82) is 0 Å². The van der Waals surface area contributed by atoms with Crippen molar-refractivity contribution in [1.82, 2.24) is 9.97 Å². The Hall–Kier alpha value is -3.71. The Morgan fingerprint density at radius 2 is 1.84 bits per heavy atom. The molecule has 2 N–H and O–H groups in total. The summed E-state index contributed by atoms with van der Waals surface area (Å²) in [6.45, 7) is 1.88. The van der Waals surface area contributed by atoms with Crippen molar-refractivity contribution in [2.45, 2.75) is 6.92 Å². The molecule has 0 aliphatic carbocycles. The molecule has 0 saturated carbocycles. The Labute approximate surface area is 180 Å². The summed E-state index contributed by atoms with van der Waals surface area (Å²) in [6, 6.07) is 20.0. The van der Waals surface area contributed by atoms with Crippen LogP contribution in [0.4, 0.5) is 27.5 Å². The molecule has 7 heteroatoms. The molecule has 0 radical (unpaired) electrons. The highest BCUT2D eigenvalue weighted by Crippen LogP contribution is 2.34. The SMILES string of the molecule is Cc1cc(F)ccc1Nc1nc(N(C)c2ccccc2)c2cccc(OCCO)c2n1. The Kier molecular flexibility index (Phi) is 5.95. The van der Waals surface area contributed by atoms with Gasteiger partial charge in [-0.15, -0.1) is 0 Å². The van der Waals surface area contributed by atoms with Crippen LogP contribution in [0.2, 0.25) is 0 Å². The molecule has 0 atom stereocenters. The molecule has 4 aromatic rings. The van der Waals surface area contributed by atoms with Gasteiger partial charge in [-0.3, -0.25) is 0 Å². The van der Waals surface area contributed by atoms with Crippen molar-refractivity contribution in [3.63, 3.8) is 0 Å². The van der Waals surface area contributed by atoms with Gasteiger partial charge in [0.1, 0.15) is 29.5 Å². The smallest absolute Gasteiger partial charge is 0.229 e.